The van der Waals surface area contributed by atoms with Gasteiger partial charge in [0.25, 0.3) is 0 Å². The molecular weight excluding hydrogens is 292 g/mol. The predicted molar refractivity (Wildman–Crippen MR) is 89.0 cm³/mol. The highest BCUT2D eigenvalue weighted by molar-refractivity contribution is 5.90. The van der Waals surface area contributed by atoms with Gasteiger partial charge in [0.05, 0.1) is 18.8 Å². The molecule has 122 valence electrons. The lowest BCUT2D eigenvalue weighted by molar-refractivity contribution is 0.0504. The van der Waals surface area contributed by atoms with Crippen LogP contribution >= 0.6 is 0 Å². The Bertz CT molecular complexity index is 623. The van der Waals surface area contributed by atoms with Gasteiger partial charge in [0.15, 0.2) is 11.5 Å². The Labute approximate surface area is 137 Å². The molecule has 0 N–H and O–H groups in total. The third-order valence-electron chi connectivity index (χ3n) is 3.15. The van der Waals surface area contributed by atoms with Crippen molar-refractivity contribution in [2.45, 2.75) is 26.9 Å². The quantitative estimate of drug-likeness (QED) is 0.684. The maximum absolute atomic E-state index is 11.9. The van der Waals surface area contributed by atoms with Crippen molar-refractivity contribution in [2.24, 2.45) is 0 Å². The maximum Gasteiger partial charge on any atom is 0.338 e. The van der Waals surface area contributed by atoms with E-state index in [2.05, 4.69) is 0 Å². The molecule has 0 saturated carbocycles. The Hall–Kier alpha value is -2.49. The van der Waals surface area contributed by atoms with Crippen LogP contribution in [-0.2, 0) is 11.3 Å². The Morgan fingerprint density at radius 3 is 2.43 bits per heavy atom. The summed E-state index contributed by atoms with van der Waals surface area (Å²) in [6, 6.07) is 15.0. The summed E-state index contributed by atoms with van der Waals surface area (Å²) in [5, 5.41) is 0. The van der Waals surface area contributed by atoms with Gasteiger partial charge in [-0.05, 0) is 37.1 Å². The highest BCUT2D eigenvalue weighted by Crippen LogP contribution is 2.29. The first-order chi connectivity index (χ1) is 11.2. The molecule has 2 aromatic carbocycles. The number of rotatable bonds is 8. The van der Waals surface area contributed by atoms with Crippen molar-refractivity contribution in [2.75, 3.05) is 13.2 Å². The van der Waals surface area contributed by atoms with Gasteiger partial charge >= 0.3 is 5.97 Å². The molecule has 0 spiro atoms. The van der Waals surface area contributed by atoms with Crippen LogP contribution in [-0.4, -0.2) is 19.2 Å². The van der Waals surface area contributed by atoms with Crippen LogP contribution in [0.25, 0.3) is 0 Å². The zero-order valence-electron chi connectivity index (χ0n) is 13.6. The van der Waals surface area contributed by atoms with Gasteiger partial charge in [0.2, 0.25) is 0 Å². The first-order valence-electron chi connectivity index (χ1n) is 7.85. The SMILES string of the molecule is CCCOC(=O)c1ccc(OCc2ccccc2)c(OCC)c1. The Morgan fingerprint density at radius 2 is 1.74 bits per heavy atom. The minimum absolute atomic E-state index is 0.345. The molecule has 4 nitrogen and oxygen atoms in total. The second-order valence-electron chi connectivity index (χ2n) is 5.00. The van der Waals surface area contributed by atoms with Crippen LogP contribution in [0, 0.1) is 0 Å². The van der Waals surface area contributed by atoms with E-state index in [0.29, 0.717) is 36.9 Å². The Morgan fingerprint density at radius 1 is 0.957 bits per heavy atom. The number of ether oxygens (including phenoxy) is 3. The fourth-order valence-electron chi connectivity index (χ4n) is 2.04. The Balaban J connectivity index is 2.11. The highest BCUT2D eigenvalue weighted by atomic mass is 16.5. The van der Waals surface area contributed by atoms with Crippen molar-refractivity contribution in [3.8, 4) is 11.5 Å². The molecule has 0 aliphatic rings. The fraction of sp³-hybridized carbons (Fsp3) is 0.316. The average molecular weight is 314 g/mol. The predicted octanol–water partition coefficient (Wildman–Crippen LogP) is 4.23. The van der Waals surface area contributed by atoms with Crippen molar-refractivity contribution in [1.82, 2.24) is 0 Å². The zero-order chi connectivity index (χ0) is 16.5. The number of carbonyl (C=O) groups is 1. The van der Waals surface area contributed by atoms with E-state index in [1.54, 1.807) is 18.2 Å². The van der Waals surface area contributed by atoms with E-state index in [-0.39, 0.29) is 5.97 Å². The van der Waals surface area contributed by atoms with Crippen molar-refractivity contribution in [3.63, 3.8) is 0 Å². The molecule has 0 bridgehead atoms. The molecule has 2 rings (SSSR count). The van der Waals surface area contributed by atoms with Crippen LogP contribution in [0.5, 0.6) is 11.5 Å². The monoisotopic (exact) mass is 314 g/mol. The molecule has 0 amide bonds. The van der Waals surface area contributed by atoms with Gasteiger partial charge in [0, 0.05) is 0 Å². The summed E-state index contributed by atoms with van der Waals surface area (Å²) in [5.41, 5.74) is 1.54. The normalized spacial score (nSPS) is 10.2. The van der Waals surface area contributed by atoms with Crippen LogP contribution in [0.2, 0.25) is 0 Å². The molecule has 0 heterocycles. The van der Waals surface area contributed by atoms with Gasteiger partial charge in [-0.1, -0.05) is 37.3 Å². The number of esters is 1. The van der Waals surface area contributed by atoms with Gasteiger partial charge in [-0.15, -0.1) is 0 Å². The van der Waals surface area contributed by atoms with E-state index in [1.165, 1.54) is 0 Å². The van der Waals surface area contributed by atoms with Crippen LogP contribution in [0.1, 0.15) is 36.2 Å². The van der Waals surface area contributed by atoms with Crippen molar-refractivity contribution in [3.05, 3.63) is 59.7 Å². The zero-order valence-corrected chi connectivity index (χ0v) is 13.6. The average Bonchev–Trinajstić information content (AvgIpc) is 2.59. The van der Waals surface area contributed by atoms with E-state index >= 15 is 0 Å². The first kappa shape index (κ1) is 16.9. The van der Waals surface area contributed by atoms with E-state index in [1.807, 2.05) is 44.2 Å². The molecule has 0 radical (unpaired) electrons. The van der Waals surface area contributed by atoms with E-state index in [9.17, 15) is 4.79 Å². The van der Waals surface area contributed by atoms with Gasteiger partial charge in [-0.25, -0.2) is 4.79 Å². The first-order valence-corrected chi connectivity index (χ1v) is 7.85. The minimum Gasteiger partial charge on any atom is -0.490 e. The maximum atomic E-state index is 11.9. The molecule has 0 atom stereocenters. The van der Waals surface area contributed by atoms with Crippen LogP contribution in [0.3, 0.4) is 0 Å². The minimum atomic E-state index is -0.345. The lowest BCUT2D eigenvalue weighted by Crippen LogP contribution is -2.07. The fourth-order valence-corrected chi connectivity index (χ4v) is 2.04. The lowest BCUT2D eigenvalue weighted by Gasteiger charge is -2.13. The summed E-state index contributed by atoms with van der Waals surface area (Å²) in [6.07, 6.45) is 0.794. The lowest BCUT2D eigenvalue weighted by atomic mass is 10.2. The molecule has 0 aromatic heterocycles. The second-order valence-corrected chi connectivity index (χ2v) is 5.00. The van der Waals surface area contributed by atoms with Gasteiger partial charge in [0.1, 0.15) is 6.61 Å². The van der Waals surface area contributed by atoms with Crippen molar-refractivity contribution < 1.29 is 19.0 Å². The summed E-state index contributed by atoms with van der Waals surface area (Å²) in [4.78, 5) is 11.9. The second kappa shape index (κ2) is 8.83. The molecule has 0 unspecified atom stereocenters. The molecule has 0 saturated heterocycles. The molecular formula is C19H22O4. The smallest absolute Gasteiger partial charge is 0.338 e. The molecule has 2 aromatic rings. The molecule has 0 aliphatic heterocycles. The highest BCUT2D eigenvalue weighted by Gasteiger charge is 2.12. The summed E-state index contributed by atoms with van der Waals surface area (Å²) in [5.74, 6) is 0.819. The van der Waals surface area contributed by atoms with Gasteiger partial charge in [-0.3, -0.25) is 0 Å². The third kappa shape index (κ3) is 5.02. The summed E-state index contributed by atoms with van der Waals surface area (Å²) in [6.45, 7) is 5.20. The number of hydrogen-bond donors (Lipinski definition) is 0. The van der Waals surface area contributed by atoms with E-state index < -0.39 is 0 Å². The molecule has 4 heteroatoms. The summed E-state index contributed by atoms with van der Waals surface area (Å²) >= 11 is 0. The molecule has 23 heavy (non-hydrogen) atoms. The topological polar surface area (TPSA) is 44.8 Å². The van der Waals surface area contributed by atoms with Gasteiger partial charge in [-0.2, -0.15) is 0 Å². The third-order valence-corrected chi connectivity index (χ3v) is 3.15. The molecule has 0 fully saturated rings. The number of carbonyl (C=O) groups excluding carboxylic acids is 1. The van der Waals surface area contributed by atoms with Crippen molar-refractivity contribution in [1.29, 1.82) is 0 Å². The van der Waals surface area contributed by atoms with E-state index in [4.69, 9.17) is 14.2 Å². The Kier molecular flexibility index (Phi) is 6.48. The van der Waals surface area contributed by atoms with Gasteiger partial charge < -0.3 is 14.2 Å². The summed E-state index contributed by atoms with van der Waals surface area (Å²) in [7, 11) is 0. The largest absolute Gasteiger partial charge is 0.490 e. The van der Waals surface area contributed by atoms with Crippen molar-refractivity contribution >= 4 is 5.97 Å². The number of benzene rings is 2. The number of hydrogen-bond acceptors (Lipinski definition) is 4. The van der Waals surface area contributed by atoms with E-state index in [0.717, 1.165) is 12.0 Å². The summed E-state index contributed by atoms with van der Waals surface area (Å²) < 4.78 is 16.5. The van der Waals surface area contributed by atoms with Crippen LogP contribution in [0.15, 0.2) is 48.5 Å². The van der Waals surface area contributed by atoms with Crippen LogP contribution in [0.4, 0.5) is 0 Å². The van der Waals surface area contributed by atoms with Crippen LogP contribution < -0.4 is 9.47 Å². The molecule has 0 aliphatic carbocycles. The standard InChI is InChI=1S/C19H22O4/c1-3-12-22-19(20)16-10-11-17(18(13-16)21-4-2)23-14-15-8-6-5-7-9-15/h5-11,13H,3-4,12,14H2,1-2H3.